The monoisotopic (exact) mass is 294 g/mol. The Bertz CT molecular complexity index is 575. The zero-order valence-corrected chi connectivity index (χ0v) is 11.9. The molecule has 0 radical (unpaired) electrons. The minimum absolute atomic E-state index is 0.177. The van der Waals surface area contributed by atoms with E-state index >= 15 is 0 Å². The third-order valence-electron chi connectivity index (χ3n) is 3.26. The summed E-state index contributed by atoms with van der Waals surface area (Å²) in [6.45, 7) is 2.51. The largest absolute Gasteiger partial charge is 0.384 e. The van der Waals surface area contributed by atoms with Gasteiger partial charge in [-0.25, -0.2) is 4.68 Å². The standard InChI is InChI=1S/C12H15ClN6O/c1-20-8-9-3-6-18(7-9)11-15-10(13)16-12(17-11)19-5-2-4-14-19/h2,4-5,9H,3,6-8H2,1H3. The predicted octanol–water partition coefficient (Wildman–Crippen LogP) is 1.18. The maximum Gasteiger partial charge on any atom is 0.256 e. The van der Waals surface area contributed by atoms with Crippen molar-refractivity contribution in [2.75, 3.05) is 31.7 Å². The Morgan fingerprint density at radius 3 is 2.95 bits per heavy atom. The fraction of sp³-hybridized carbons (Fsp3) is 0.500. The van der Waals surface area contributed by atoms with E-state index in [1.807, 2.05) is 6.07 Å². The highest BCUT2D eigenvalue weighted by Crippen LogP contribution is 2.22. The number of methoxy groups -OCH3 is 1. The molecule has 8 heteroatoms. The van der Waals surface area contributed by atoms with Crippen molar-refractivity contribution < 1.29 is 4.74 Å². The summed E-state index contributed by atoms with van der Waals surface area (Å²) in [5, 5.41) is 4.28. The average molecular weight is 295 g/mol. The highest BCUT2D eigenvalue weighted by molar-refractivity contribution is 6.28. The Labute approximate surface area is 121 Å². The van der Waals surface area contributed by atoms with Crippen LogP contribution in [0.1, 0.15) is 6.42 Å². The van der Waals surface area contributed by atoms with Gasteiger partial charge in [0.1, 0.15) is 0 Å². The fourth-order valence-electron chi connectivity index (χ4n) is 2.35. The summed E-state index contributed by atoms with van der Waals surface area (Å²) in [6, 6.07) is 1.81. The molecular weight excluding hydrogens is 280 g/mol. The molecule has 1 aliphatic heterocycles. The molecule has 2 aromatic rings. The van der Waals surface area contributed by atoms with Crippen molar-refractivity contribution in [2.45, 2.75) is 6.42 Å². The van der Waals surface area contributed by atoms with Gasteiger partial charge in [0.25, 0.3) is 5.95 Å². The van der Waals surface area contributed by atoms with Crippen LogP contribution in [-0.2, 0) is 4.74 Å². The van der Waals surface area contributed by atoms with Crippen LogP contribution in [-0.4, -0.2) is 51.5 Å². The van der Waals surface area contributed by atoms with Crippen molar-refractivity contribution in [1.29, 1.82) is 0 Å². The van der Waals surface area contributed by atoms with Crippen molar-refractivity contribution in [2.24, 2.45) is 5.92 Å². The van der Waals surface area contributed by atoms with Crippen LogP contribution >= 0.6 is 11.6 Å². The summed E-state index contributed by atoms with van der Waals surface area (Å²) < 4.78 is 6.77. The topological polar surface area (TPSA) is 69.0 Å². The molecule has 1 saturated heterocycles. The first-order valence-electron chi connectivity index (χ1n) is 6.42. The second-order valence-corrected chi connectivity index (χ2v) is 5.05. The smallest absolute Gasteiger partial charge is 0.256 e. The van der Waals surface area contributed by atoms with Crippen molar-refractivity contribution in [3.63, 3.8) is 0 Å². The molecule has 1 aliphatic rings. The van der Waals surface area contributed by atoms with Crippen LogP contribution in [0, 0.1) is 5.92 Å². The number of halogens is 1. The van der Waals surface area contributed by atoms with Gasteiger partial charge in [-0.3, -0.25) is 0 Å². The van der Waals surface area contributed by atoms with E-state index in [0.29, 0.717) is 17.8 Å². The summed E-state index contributed by atoms with van der Waals surface area (Å²) in [6.07, 6.45) is 4.50. The first-order chi connectivity index (χ1) is 9.76. The minimum Gasteiger partial charge on any atom is -0.384 e. The van der Waals surface area contributed by atoms with Crippen LogP contribution in [0.15, 0.2) is 18.5 Å². The number of rotatable bonds is 4. The normalized spacial score (nSPS) is 18.7. The van der Waals surface area contributed by atoms with Crippen molar-refractivity contribution in [1.82, 2.24) is 24.7 Å². The van der Waals surface area contributed by atoms with Gasteiger partial charge in [-0.15, -0.1) is 0 Å². The second-order valence-electron chi connectivity index (χ2n) is 4.71. The third kappa shape index (κ3) is 2.73. The van der Waals surface area contributed by atoms with Gasteiger partial charge in [-0.1, -0.05) is 0 Å². The Hall–Kier alpha value is -1.73. The lowest BCUT2D eigenvalue weighted by Gasteiger charge is -2.16. The van der Waals surface area contributed by atoms with E-state index in [1.165, 1.54) is 0 Å². The number of aromatic nitrogens is 5. The van der Waals surface area contributed by atoms with Gasteiger partial charge in [-0.2, -0.15) is 20.1 Å². The summed E-state index contributed by atoms with van der Waals surface area (Å²) in [7, 11) is 1.72. The van der Waals surface area contributed by atoms with E-state index in [9.17, 15) is 0 Å². The molecule has 0 spiro atoms. The number of nitrogens with zero attached hydrogens (tertiary/aromatic N) is 6. The van der Waals surface area contributed by atoms with Gasteiger partial charge in [0.15, 0.2) is 0 Å². The Morgan fingerprint density at radius 1 is 1.35 bits per heavy atom. The molecule has 106 valence electrons. The fourth-order valence-corrected chi connectivity index (χ4v) is 2.50. The molecule has 0 saturated carbocycles. The Morgan fingerprint density at radius 2 is 2.20 bits per heavy atom. The maximum absolute atomic E-state index is 5.99. The summed E-state index contributed by atoms with van der Waals surface area (Å²) in [4.78, 5) is 14.8. The van der Waals surface area contributed by atoms with Gasteiger partial charge >= 0.3 is 0 Å². The molecule has 1 atom stereocenters. The molecule has 3 heterocycles. The molecule has 0 aromatic carbocycles. The van der Waals surface area contributed by atoms with Crippen LogP contribution in [0.5, 0.6) is 0 Å². The lowest BCUT2D eigenvalue weighted by molar-refractivity contribution is 0.161. The van der Waals surface area contributed by atoms with Crippen molar-refractivity contribution in [3.05, 3.63) is 23.7 Å². The molecule has 2 aromatic heterocycles. The SMILES string of the molecule is COCC1CCN(c2nc(Cl)nc(-n3cccn3)n2)C1. The Balaban J connectivity index is 1.84. The summed E-state index contributed by atoms with van der Waals surface area (Å²) in [5.41, 5.74) is 0. The predicted molar refractivity (Wildman–Crippen MR) is 74.2 cm³/mol. The van der Waals surface area contributed by atoms with E-state index in [-0.39, 0.29) is 5.28 Å². The first-order valence-corrected chi connectivity index (χ1v) is 6.79. The quantitative estimate of drug-likeness (QED) is 0.843. The van der Waals surface area contributed by atoms with Crippen LogP contribution in [0.2, 0.25) is 5.28 Å². The van der Waals surface area contributed by atoms with Crippen molar-refractivity contribution in [3.8, 4) is 5.95 Å². The van der Waals surface area contributed by atoms with Crippen LogP contribution < -0.4 is 4.90 Å². The number of hydrogen-bond acceptors (Lipinski definition) is 6. The zero-order valence-electron chi connectivity index (χ0n) is 11.1. The molecule has 1 unspecified atom stereocenters. The molecule has 7 nitrogen and oxygen atoms in total. The minimum atomic E-state index is 0.177. The highest BCUT2D eigenvalue weighted by Gasteiger charge is 2.25. The van der Waals surface area contributed by atoms with E-state index in [4.69, 9.17) is 16.3 Å². The summed E-state index contributed by atoms with van der Waals surface area (Å²) in [5.74, 6) is 1.53. The molecule has 0 aliphatic carbocycles. The van der Waals surface area contributed by atoms with E-state index < -0.39 is 0 Å². The van der Waals surface area contributed by atoms with Crippen LogP contribution in [0.3, 0.4) is 0 Å². The van der Waals surface area contributed by atoms with Gasteiger partial charge in [-0.05, 0) is 24.1 Å². The molecule has 3 rings (SSSR count). The van der Waals surface area contributed by atoms with Crippen LogP contribution in [0.4, 0.5) is 5.95 Å². The first kappa shape index (κ1) is 13.3. The van der Waals surface area contributed by atoms with Crippen molar-refractivity contribution >= 4 is 17.5 Å². The lowest BCUT2D eigenvalue weighted by atomic mass is 10.1. The molecule has 20 heavy (non-hydrogen) atoms. The number of ether oxygens (including phenoxy) is 1. The van der Waals surface area contributed by atoms with E-state index in [2.05, 4.69) is 25.0 Å². The average Bonchev–Trinajstić information content (AvgIpc) is 3.09. The van der Waals surface area contributed by atoms with Gasteiger partial charge in [0, 0.05) is 38.5 Å². The molecule has 1 fully saturated rings. The number of anilines is 1. The number of hydrogen-bond donors (Lipinski definition) is 0. The molecule has 0 N–H and O–H groups in total. The lowest BCUT2D eigenvalue weighted by Crippen LogP contribution is -2.24. The maximum atomic E-state index is 5.99. The Kier molecular flexibility index (Phi) is 3.79. The highest BCUT2D eigenvalue weighted by atomic mass is 35.5. The molecule has 0 bridgehead atoms. The van der Waals surface area contributed by atoms with Gasteiger partial charge < -0.3 is 9.64 Å². The van der Waals surface area contributed by atoms with E-state index in [0.717, 1.165) is 26.1 Å². The van der Waals surface area contributed by atoms with Gasteiger partial charge in [0.05, 0.1) is 6.61 Å². The molecular formula is C12H15ClN6O. The molecule has 0 amide bonds. The third-order valence-corrected chi connectivity index (χ3v) is 3.43. The zero-order chi connectivity index (χ0) is 13.9. The van der Waals surface area contributed by atoms with Gasteiger partial charge in [0.2, 0.25) is 11.2 Å². The summed E-state index contributed by atoms with van der Waals surface area (Å²) >= 11 is 5.99. The van der Waals surface area contributed by atoms with E-state index in [1.54, 1.807) is 24.2 Å². The second kappa shape index (κ2) is 5.72. The van der Waals surface area contributed by atoms with Crippen LogP contribution in [0.25, 0.3) is 5.95 Å².